The van der Waals surface area contributed by atoms with Crippen LogP contribution in [0.3, 0.4) is 0 Å². The summed E-state index contributed by atoms with van der Waals surface area (Å²) in [7, 11) is 0. The average molecular weight is 803 g/mol. The van der Waals surface area contributed by atoms with E-state index in [1.165, 1.54) is 48.7 Å². The second kappa shape index (κ2) is 14.1. The Bertz CT molecular complexity index is 3870. The first-order valence-corrected chi connectivity index (χ1v) is 21.6. The molecule has 0 aliphatic rings. The summed E-state index contributed by atoms with van der Waals surface area (Å²) >= 11 is 0. The standard InChI is InChI=1S/C60H38N2O/c1-3-16-48-40(12-1)24-25-43-36-44(29-33-49(43)48)50-17-5-8-21-56(50)61(47-32-35-54-55-34-28-41-13-2-4-18-51(41)60(55)63-59(54)38-47)45-30-26-39(27-31-45)42-14-11-15-46(37-42)62-57-22-9-6-19-52(57)53-20-7-10-23-58(53)62/h1-38H. The molecule has 0 saturated carbocycles. The molecule has 0 radical (unpaired) electrons. The highest BCUT2D eigenvalue weighted by Gasteiger charge is 2.20. The molecule has 0 amide bonds. The number of nitrogens with zero attached hydrogens (tertiary/aromatic N) is 2. The second-order valence-electron chi connectivity index (χ2n) is 16.5. The Hall–Kier alpha value is -8.40. The number of anilines is 3. The Balaban J connectivity index is 0.959. The van der Waals surface area contributed by atoms with Crippen molar-refractivity contribution >= 4 is 93.1 Å². The average Bonchev–Trinajstić information content (AvgIpc) is 3.90. The fourth-order valence-corrected chi connectivity index (χ4v) is 9.98. The van der Waals surface area contributed by atoms with Crippen LogP contribution in [0.4, 0.5) is 17.1 Å². The molecule has 0 fully saturated rings. The number of hydrogen-bond donors (Lipinski definition) is 0. The molecule has 13 aromatic rings. The molecular weight excluding hydrogens is 765 g/mol. The summed E-state index contributed by atoms with van der Waals surface area (Å²) < 4.78 is 9.15. The van der Waals surface area contributed by atoms with Gasteiger partial charge in [-0.05, 0) is 110 Å². The van der Waals surface area contributed by atoms with Crippen LogP contribution in [-0.2, 0) is 0 Å². The smallest absolute Gasteiger partial charge is 0.143 e. The number of benzene rings is 11. The molecule has 0 spiro atoms. The van der Waals surface area contributed by atoms with Crippen LogP contribution in [0.2, 0.25) is 0 Å². The molecule has 2 aromatic heterocycles. The number of rotatable bonds is 6. The molecule has 2 heterocycles. The normalized spacial score (nSPS) is 11.8. The molecule has 3 nitrogen and oxygen atoms in total. The molecule has 0 unspecified atom stereocenters. The molecule has 0 N–H and O–H groups in total. The minimum atomic E-state index is 0.859. The van der Waals surface area contributed by atoms with Crippen LogP contribution in [0.25, 0.3) is 104 Å². The maximum absolute atomic E-state index is 6.77. The lowest BCUT2D eigenvalue weighted by Gasteiger charge is -2.28. The zero-order valence-electron chi connectivity index (χ0n) is 34.2. The molecule has 294 valence electrons. The van der Waals surface area contributed by atoms with Gasteiger partial charge in [0, 0.05) is 55.6 Å². The van der Waals surface area contributed by atoms with Crippen molar-refractivity contribution in [3.63, 3.8) is 0 Å². The number of fused-ring (bicyclic) bond motifs is 11. The summed E-state index contributed by atoms with van der Waals surface area (Å²) in [6.45, 7) is 0. The van der Waals surface area contributed by atoms with Crippen molar-refractivity contribution in [3.05, 3.63) is 231 Å². The van der Waals surface area contributed by atoms with E-state index >= 15 is 0 Å². The SMILES string of the molecule is c1cc(-c2ccc(N(c3ccc4c(c3)oc3c5ccccc5ccc43)c3ccccc3-c3ccc4c(ccc5ccccc54)c3)cc2)cc(-n2c3ccccc3c3ccccc32)c1. The molecule has 11 aromatic carbocycles. The molecule has 0 aliphatic carbocycles. The van der Waals surface area contributed by atoms with Gasteiger partial charge in [0.25, 0.3) is 0 Å². The first-order chi connectivity index (χ1) is 31.2. The van der Waals surface area contributed by atoms with Crippen molar-refractivity contribution in [2.45, 2.75) is 0 Å². The van der Waals surface area contributed by atoms with Crippen molar-refractivity contribution in [2.24, 2.45) is 0 Å². The van der Waals surface area contributed by atoms with E-state index in [0.29, 0.717) is 0 Å². The van der Waals surface area contributed by atoms with E-state index < -0.39 is 0 Å². The third kappa shape index (κ3) is 5.67. The van der Waals surface area contributed by atoms with E-state index in [9.17, 15) is 0 Å². The first kappa shape index (κ1) is 35.4. The predicted molar refractivity (Wildman–Crippen MR) is 266 cm³/mol. The van der Waals surface area contributed by atoms with Gasteiger partial charge in [0.2, 0.25) is 0 Å². The second-order valence-corrected chi connectivity index (χ2v) is 16.5. The fourth-order valence-electron chi connectivity index (χ4n) is 9.98. The predicted octanol–water partition coefficient (Wildman–Crippen LogP) is 16.9. The van der Waals surface area contributed by atoms with Gasteiger partial charge in [-0.1, -0.05) is 158 Å². The van der Waals surface area contributed by atoms with Gasteiger partial charge in [-0.3, -0.25) is 0 Å². The van der Waals surface area contributed by atoms with Crippen LogP contribution in [0.1, 0.15) is 0 Å². The third-order valence-electron chi connectivity index (χ3n) is 12.9. The van der Waals surface area contributed by atoms with Gasteiger partial charge in [-0.15, -0.1) is 0 Å². The van der Waals surface area contributed by atoms with Crippen LogP contribution in [0.5, 0.6) is 0 Å². The molecule has 0 aliphatic heterocycles. The van der Waals surface area contributed by atoms with Gasteiger partial charge in [0.1, 0.15) is 11.2 Å². The Morgan fingerprint density at radius 1 is 0.333 bits per heavy atom. The summed E-state index contributed by atoms with van der Waals surface area (Å²) in [5.41, 5.74) is 13.1. The van der Waals surface area contributed by atoms with Gasteiger partial charge >= 0.3 is 0 Å². The maximum atomic E-state index is 6.77. The Morgan fingerprint density at radius 3 is 1.73 bits per heavy atom. The Morgan fingerprint density at radius 2 is 0.921 bits per heavy atom. The molecule has 0 saturated heterocycles. The summed E-state index contributed by atoms with van der Waals surface area (Å²) in [5, 5.41) is 12.0. The third-order valence-corrected chi connectivity index (χ3v) is 12.9. The highest BCUT2D eigenvalue weighted by atomic mass is 16.3. The zero-order valence-corrected chi connectivity index (χ0v) is 34.2. The summed E-state index contributed by atoms with van der Waals surface area (Å²) in [6, 6.07) is 83.5. The fraction of sp³-hybridized carbons (Fsp3) is 0. The highest BCUT2D eigenvalue weighted by Crippen LogP contribution is 2.45. The number of furan rings is 1. The molecule has 0 bridgehead atoms. The van der Waals surface area contributed by atoms with E-state index in [4.69, 9.17) is 4.42 Å². The van der Waals surface area contributed by atoms with E-state index in [1.807, 2.05) is 0 Å². The topological polar surface area (TPSA) is 21.3 Å². The van der Waals surface area contributed by atoms with Crippen LogP contribution in [0, 0.1) is 0 Å². The zero-order chi connectivity index (χ0) is 41.4. The van der Waals surface area contributed by atoms with Gasteiger partial charge in [0.15, 0.2) is 0 Å². The van der Waals surface area contributed by atoms with Gasteiger partial charge in [-0.2, -0.15) is 0 Å². The van der Waals surface area contributed by atoms with E-state index in [0.717, 1.165) is 72.3 Å². The van der Waals surface area contributed by atoms with Crippen LogP contribution < -0.4 is 4.90 Å². The summed E-state index contributed by atoms with van der Waals surface area (Å²) in [6.07, 6.45) is 0. The van der Waals surface area contributed by atoms with Crippen molar-refractivity contribution < 1.29 is 4.42 Å². The number of para-hydroxylation sites is 3. The van der Waals surface area contributed by atoms with E-state index in [-0.39, 0.29) is 0 Å². The molecule has 63 heavy (non-hydrogen) atoms. The lowest BCUT2D eigenvalue weighted by atomic mass is 9.96. The van der Waals surface area contributed by atoms with Gasteiger partial charge in [0.05, 0.1) is 16.7 Å². The number of hydrogen-bond acceptors (Lipinski definition) is 2. The minimum Gasteiger partial charge on any atom is -0.455 e. The molecule has 3 heteroatoms. The van der Waals surface area contributed by atoms with E-state index in [1.54, 1.807) is 0 Å². The Labute approximate surface area is 363 Å². The lowest BCUT2D eigenvalue weighted by molar-refractivity contribution is 0.672. The maximum Gasteiger partial charge on any atom is 0.143 e. The molecule has 13 rings (SSSR count). The van der Waals surface area contributed by atoms with Crippen LogP contribution in [0.15, 0.2) is 235 Å². The van der Waals surface area contributed by atoms with Crippen molar-refractivity contribution in [2.75, 3.05) is 4.90 Å². The summed E-state index contributed by atoms with van der Waals surface area (Å²) in [4.78, 5) is 2.38. The van der Waals surface area contributed by atoms with Crippen LogP contribution in [-0.4, -0.2) is 4.57 Å². The van der Waals surface area contributed by atoms with E-state index in [2.05, 4.69) is 240 Å². The molecule has 0 atom stereocenters. The largest absolute Gasteiger partial charge is 0.455 e. The molecular formula is C60H38N2O. The monoisotopic (exact) mass is 802 g/mol. The van der Waals surface area contributed by atoms with Crippen molar-refractivity contribution in [1.82, 2.24) is 4.57 Å². The summed E-state index contributed by atoms with van der Waals surface area (Å²) in [5.74, 6) is 0. The number of aromatic nitrogens is 1. The highest BCUT2D eigenvalue weighted by molar-refractivity contribution is 6.16. The van der Waals surface area contributed by atoms with Crippen LogP contribution >= 0.6 is 0 Å². The minimum absolute atomic E-state index is 0.859. The van der Waals surface area contributed by atoms with Crippen molar-refractivity contribution in [3.8, 4) is 27.9 Å². The Kier molecular flexibility index (Phi) is 7.91. The van der Waals surface area contributed by atoms with Gasteiger partial charge < -0.3 is 13.9 Å². The quantitative estimate of drug-likeness (QED) is 0.156. The van der Waals surface area contributed by atoms with Crippen molar-refractivity contribution in [1.29, 1.82) is 0 Å². The van der Waals surface area contributed by atoms with Gasteiger partial charge in [-0.25, -0.2) is 0 Å². The first-order valence-electron chi connectivity index (χ1n) is 21.6. The lowest BCUT2D eigenvalue weighted by Crippen LogP contribution is -2.11.